The summed E-state index contributed by atoms with van der Waals surface area (Å²) >= 11 is 0. The van der Waals surface area contributed by atoms with Gasteiger partial charge in [0.05, 0.1) is 0 Å². The predicted molar refractivity (Wildman–Crippen MR) is 88.2 cm³/mol. The average Bonchev–Trinajstić information content (AvgIpc) is 2.56. The first-order chi connectivity index (χ1) is 11.5. The summed E-state index contributed by atoms with van der Waals surface area (Å²) in [5.41, 5.74) is 0.193. The zero-order valence-corrected chi connectivity index (χ0v) is 14.5. The van der Waals surface area contributed by atoms with Gasteiger partial charge in [0, 0.05) is 5.57 Å². The molecule has 0 heterocycles. The monoisotopic (exact) mass is 340 g/mol. The average molecular weight is 340 g/mol. The van der Waals surface area contributed by atoms with Gasteiger partial charge in [0.1, 0.15) is 6.10 Å². The summed E-state index contributed by atoms with van der Waals surface area (Å²) in [7, 11) is 0. The van der Waals surface area contributed by atoms with Crippen molar-refractivity contribution in [1.82, 2.24) is 0 Å². The third kappa shape index (κ3) is 9.33. The van der Waals surface area contributed by atoms with E-state index in [0.717, 1.165) is 38.5 Å². The van der Waals surface area contributed by atoms with E-state index in [4.69, 9.17) is 9.47 Å². The van der Waals surface area contributed by atoms with Gasteiger partial charge in [0.15, 0.2) is 13.2 Å². The lowest BCUT2D eigenvalue weighted by molar-refractivity contribution is -0.166. The topological polar surface area (TPSA) is 78.9 Å². The highest BCUT2D eigenvalue weighted by Gasteiger charge is 2.17. The molecular weight excluding hydrogens is 312 g/mol. The van der Waals surface area contributed by atoms with Crippen LogP contribution in [0.2, 0.25) is 0 Å². The van der Waals surface area contributed by atoms with Crippen LogP contribution in [0.5, 0.6) is 0 Å². The zero-order chi connectivity index (χ0) is 17.8. The summed E-state index contributed by atoms with van der Waals surface area (Å²) in [6, 6.07) is 0. The molecule has 1 rings (SSSR count). The lowest BCUT2D eigenvalue weighted by Gasteiger charge is -2.19. The Hall–Kier alpha value is -1.85. The number of esters is 3. The number of carbonyl (C=O) groups is 3. The third-order valence-electron chi connectivity index (χ3n) is 3.87. The van der Waals surface area contributed by atoms with E-state index in [1.807, 2.05) is 0 Å². The molecule has 0 unspecified atom stereocenters. The summed E-state index contributed by atoms with van der Waals surface area (Å²) in [6.07, 6.45) is 9.80. The van der Waals surface area contributed by atoms with Gasteiger partial charge in [-0.3, -0.25) is 0 Å². The molecule has 0 atom stereocenters. The number of rotatable bonds is 6. The Bertz CT molecular complexity index is 433. The van der Waals surface area contributed by atoms with Crippen LogP contribution in [-0.4, -0.2) is 37.2 Å². The standard InChI is InChI=1S/C18H28O6/c1-14(2)18(21)23-12-16(19)22-13-17(20)24-15-10-8-6-4-3-5-7-9-11-15/h15H,1,3-13H2,2H3. The summed E-state index contributed by atoms with van der Waals surface area (Å²) in [5.74, 6) is -2.01. The number of carbonyl (C=O) groups excluding carboxylic acids is 3. The van der Waals surface area contributed by atoms with E-state index in [1.165, 1.54) is 26.2 Å². The maximum absolute atomic E-state index is 11.8. The van der Waals surface area contributed by atoms with E-state index < -0.39 is 31.1 Å². The van der Waals surface area contributed by atoms with Crippen molar-refractivity contribution in [3.8, 4) is 0 Å². The Morgan fingerprint density at radius 1 is 0.833 bits per heavy atom. The molecule has 1 fully saturated rings. The summed E-state index contributed by atoms with van der Waals surface area (Å²) in [6.45, 7) is 3.88. The SMILES string of the molecule is C=C(C)C(=O)OCC(=O)OCC(=O)OC1CCCCCCCCC1. The van der Waals surface area contributed by atoms with Gasteiger partial charge in [-0.2, -0.15) is 0 Å². The van der Waals surface area contributed by atoms with E-state index in [1.54, 1.807) is 0 Å². The van der Waals surface area contributed by atoms with Crippen molar-refractivity contribution in [3.05, 3.63) is 12.2 Å². The van der Waals surface area contributed by atoms with Gasteiger partial charge in [-0.1, -0.05) is 38.7 Å². The van der Waals surface area contributed by atoms with Crippen LogP contribution >= 0.6 is 0 Å². The van der Waals surface area contributed by atoms with Crippen LogP contribution in [0.25, 0.3) is 0 Å². The van der Waals surface area contributed by atoms with Gasteiger partial charge >= 0.3 is 17.9 Å². The van der Waals surface area contributed by atoms with Gasteiger partial charge in [0.2, 0.25) is 0 Å². The highest BCUT2D eigenvalue weighted by atomic mass is 16.6. The lowest BCUT2D eigenvalue weighted by Crippen LogP contribution is -2.25. The molecule has 1 saturated carbocycles. The first-order valence-electron chi connectivity index (χ1n) is 8.66. The van der Waals surface area contributed by atoms with Crippen molar-refractivity contribution in [1.29, 1.82) is 0 Å². The van der Waals surface area contributed by atoms with Crippen LogP contribution < -0.4 is 0 Å². The minimum atomic E-state index is -0.785. The van der Waals surface area contributed by atoms with Crippen LogP contribution in [0.4, 0.5) is 0 Å². The largest absolute Gasteiger partial charge is 0.460 e. The van der Waals surface area contributed by atoms with Crippen molar-refractivity contribution in [2.24, 2.45) is 0 Å². The second kappa shape index (κ2) is 11.6. The Balaban J connectivity index is 2.24. The summed E-state index contributed by atoms with van der Waals surface area (Å²) in [4.78, 5) is 34.3. The Labute approximate surface area is 143 Å². The van der Waals surface area contributed by atoms with Crippen molar-refractivity contribution in [2.45, 2.75) is 70.8 Å². The quantitative estimate of drug-likeness (QED) is 0.420. The molecule has 0 saturated heterocycles. The Morgan fingerprint density at radius 2 is 1.33 bits per heavy atom. The fraction of sp³-hybridized carbons (Fsp3) is 0.722. The first-order valence-corrected chi connectivity index (χ1v) is 8.66. The fourth-order valence-electron chi connectivity index (χ4n) is 2.54. The molecule has 0 aromatic rings. The van der Waals surface area contributed by atoms with E-state index in [-0.39, 0.29) is 11.7 Å². The van der Waals surface area contributed by atoms with Crippen molar-refractivity contribution < 1.29 is 28.6 Å². The molecule has 6 nitrogen and oxygen atoms in total. The minimum Gasteiger partial charge on any atom is -0.460 e. The normalized spacial score (nSPS) is 16.7. The zero-order valence-electron chi connectivity index (χ0n) is 14.5. The Morgan fingerprint density at radius 3 is 1.88 bits per heavy atom. The number of hydrogen-bond donors (Lipinski definition) is 0. The van der Waals surface area contributed by atoms with Gasteiger partial charge < -0.3 is 14.2 Å². The molecule has 1 aliphatic rings. The molecule has 24 heavy (non-hydrogen) atoms. The third-order valence-corrected chi connectivity index (χ3v) is 3.87. The molecule has 136 valence electrons. The second-order valence-corrected chi connectivity index (χ2v) is 6.18. The van der Waals surface area contributed by atoms with Crippen LogP contribution in [0.15, 0.2) is 12.2 Å². The van der Waals surface area contributed by atoms with Crippen molar-refractivity contribution in [3.63, 3.8) is 0 Å². The van der Waals surface area contributed by atoms with E-state index in [0.29, 0.717) is 0 Å². The van der Waals surface area contributed by atoms with Crippen molar-refractivity contribution in [2.75, 3.05) is 13.2 Å². The maximum Gasteiger partial charge on any atom is 0.344 e. The molecule has 0 aromatic heterocycles. The first kappa shape index (κ1) is 20.2. The molecule has 0 aliphatic heterocycles. The smallest absolute Gasteiger partial charge is 0.344 e. The fourth-order valence-corrected chi connectivity index (χ4v) is 2.54. The molecule has 0 radical (unpaired) electrons. The van der Waals surface area contributed by atoms with E-state index in [2.05, 4.69) is 11.3 Å². The molecule has 0 N–H and O–H groups in total. The van der Waals surface area contributed by atoms with Crippen LogP contribution in [0.3, 0.4) is 0 Å². The summed E-state index contributed by atoms with van der Waals surface area (Å²) in [5, 5.41) is 0. The minimum absolute atomic E-state index is 0.101. The van der Waals surface area contributed by atoms with Crippen LogP contribution in [0.1, 0.15) is 64.7 Å². The van der Waals surface area contributed by atoms with Gasteiger partial charge in [0.25, 0.3) is 0 Å². The Kier molecular flexibility index (Phi) is 9.80. The molecule has 1 aliphatic carbocycles. The molecule has 0 bridgehead atoms. The van der Waals surface area contributed by atoms with Crippen LogP contribution in [-0.2, 0) is 28.6 Å². The van der Waals surface area contributed by atoms with Crippen molar-refractivity contribution >= 4 is 17.9 Å². The number of ether oxygens (including phenoxy) is 3. The van der Waals surface area contributed by atoms with Gasteiger partial charge in [-0.05, 0) is 32.6 Å². The molecule has 6 heteroatoms. The summed E-state index contributed by atoms with van der Waals surface area (Å²) < 4.78 is 14.8. The van der Waals surface area contributed by atoms with Crippen LogP contribution in [0, 0.1) is 0 Å². The van der Waals surface area contributed by atoms with Gasteiger partial charge in [-0.25, -0.2) is 14.4 Å². The predicted octanol–water partition coefficient (Wildman–Crippen LogP) is 3.09. The molecule has 0 aromatic carbocycles. The highest BCUT2D eigenvalue weighted by molar-refractivity contribution is 5.88. The van der Waals surface area contributed by atoms with Gasteiger partial charge in [-0.15, -0.1) is 0 Å². The molecule has 0 spiro atoms. The molecular formula is C18H28O6. The van der Waals surface area contributed by atoms with E-state index >= 15 is 0 Å². The maximum atomic E-state index is 11.8. The number of hydrogen-bond acceptors (Lipinski definition) is 6. The van der Waals surface area contributed by atoms with E-state index in [9.17, 15) is 14.4 Å². The molecule has 0 amide bonds. The lowest BCUT2D eigenvalue weighted by atomic mass is 9.99. The second-order valence-electron chi connectivity index (χ2n) is 6.18. The highest BCUT2D eigenvalue weighted by Crippen LogP contribution is 2.19.